The fourth-order valence-electron chi connectivity index (χ4n) is 3.65. The van der Waals surface area contributed by atoms with Crippen LogP contribution in [0.4, 0.5) is 0 Å². The third-order valence-electron chi connectivity index (χ3n) is 5.11. The van der Waals surface area contributed by atoms with Crippen LogP contribution in [0.3, 0.4) is 0 Å². The molecule has 2 aromatic carbocycles. The number of aryl methyl sites for hydroxylation is 2. The topological polar surface area (TPSA) is 31.4 Å². The molecule has 0 unspecified atom stereocenters. The number of rotatable bonds is 11. The lowest BCUT2D eigenvalue weighted by molar-refractivity contribution is 0.0617. The Morgan fingerprint density at radius 2 is 1.27 bits per heavy atom. The Morgan fingerprint density at radius 1 is 0.700 bits per heavy atom. The maximum absolute atomic E-state index is 5.81. The van der Waals surface area contributed by atoms with Gasteiger partial charge in [-0.3, -0.25) is 0 Å². The van der Waals surface area contributed by atoms with E-state index in [-0.39, 0.29) is 0 Å². The van der Waals surface area contributed by atoms with Crippen LogP contribution in [0.25, 0.3) is 22.5 Å². The van der Waals surface area contributed by atoms with Crippen molar-refractivity contribution in [3.8, 4) is 22.5 Å². The molecule has 3 aromatic rings. The molecule has 0 radical (unpaired) electrons. The molecule has 0 spiro atoms. The second kappa shape index (κ2) is 11.6. The summed E-state index contributed by atoms with van der Waals surface area (Å²) in [5.41, 5.74) is 8.15. The van der Waals surface area contributed by atoms with Crippen LogP contribution in [0, 0.1) is 0 Å². The van der Waals surface area contributed by atoms with Crippen molar-refractivity contribution in [2.45, 2.75) is 46.1 Å². The summed E-state index contributed by atoms with van der Waals surface area (Å²) >= 11 is 0. The van der Waals surface area contributed by atoms with E-state index >= 15 is 0 Å². The van der Waals surface area contributed by atoms with Gasteiger partial charge in [0.2, 0.25) is 0 Å². The lowest BCUT2D eigenvalue weighted by Gasteiger charge is -2.12. The molecule has 1 aromatic heterocycles. The highest BCUT2D eigenvalue weighted by atomic mass is 16.5. The molecule has 30 heavy (non-hydrogen) atoms. The van der Waals surface area contributed by atoms with Gasteiger partial charge in [0.05, 0.1) is 31.2 Å². The van der Waals surface area contributed by atoms with E-state index in [4.69, 9.17) is 14.5 Å². The van der Waals surface area contributed by atoms with Gasteiger partial charge in [0.15, 0.2) is 0 Å². The van der Waals surface area contributed by atoms with Crippen molar-refractivity contribution < 1.29 is 9.47 Å². The number of nitrogens with zero attached hydrogens (tertiary/aromatic N) is 1. The van der Waals surface area contributed by atoms with E-state index in [2.05, 4.69) is 74.5 Å². The van der Waals surface area contributed by atoms with Gasteiger partial charge in [-0.1, -0.05) is 63.1 Å². The van der Waals surface area contributed by atoms with Crippen LogP contribution in [0.5, 0.6) is 0 Å². The normalized spacial score (nSPS) is 11.0. The van der Waals surface area contributed by atoms with E-state index in [1.165, 1.54) is 11.1 Å². The van der Waals surface area contributed by atoms with Crippen LogP contribution in [0.15, 0.2) is 60.7 Å². The molecule has 3 rings (SSSR count). The van der Waals surface area contributed by atoms with Gasteiger partial charge in [0, 0.05) is 18.2 Å². The summed E-state index contributed by atoms with van der Waals surface area (Å²) in [5.74, 6) is 0. The van der Waals surface area contributed by atoms with Crippen molar-refractivity contribution in [2.24, 2.45) is 0 Å². The van der Waals surface area contributed by atoms with E-state index in [1.807, 2.05) is 0 Å². The maximum Gasteiger partial charge on any atom is 0.0719 e. The van der Waals surface area contributed by atoms with Crippen LogP contribution in [0.1, 0.15) is 43.4 Å². The van der Waals surface area contributed by atoms with Crippen LogP contribution in [-0.2, 0) is 28.9 Å². The molecule has 0 saturated carbocycles. The predicted octanol–water partition coefficient (Wildman–Crippen LogP) is 6.48. The first-order valence-electron chi connectivity index (χ1n) is 11.0. The highest BCUT2D eigenvalue weighted by Gasteiger charge is 2.09. The summed E-state index contributed by atoms with van der Waals surface area (Å²) in [5, 5.41) is 0. The zero-order chi connectivity index (χ0) is 21.2. The Hall–Kier alpha value is -2.49. The first kappa shape index (κ1) is 22.2. The number of pyridine rings is 1. The van der Waals surface area contributed by atoms with Crippen molar-refractivity contribution in [3.63, 3.8) is 0 Å². The summed E-state index contributed by atoms with van der Waals surface area (Å²) < 4.78 is 10.9. The summed E-state index contributed by atoms with van der Waals surface area (Å²) in [6.45, 7) is 6.16. The van der Waals surface area contributed by atoms with Crippen LogP contribution in [-0.4, -0.2) is 25.3 Å². The quantitative estimate of drug-likeness (QED) is 0.343. The molecule has 0 N–H and O–H groups in total. The number of benzene rings is 2. The van der Waals surface area contributed by atoms with E-state index in [1.54, 1.807) is 7.11 Å². The SMILES string of the molecule is CCCc1cccc(-c2cc(COCCOC)cc(-c3cccc(CCC)c3)n2)c1. The van der Waals surface area contributed by atoms with Gasteiger partial charge in [0.1, 0.15) is 0 Å². The second-order valence-electron chi connectivity index (χ2n) is 7.69. The minimum atomic E-state index is 0.551. The average Bonchev–Trinajstić information content (AvgIpc) is 2.77. The average molecular weight is 404 g/mol. The van der Waals surface area contributed by atoms with Crippen molar-refractivity contribution in [1.82, 2.24) is 4.98 Å². The summed E-state index contributed by atoms with van der Waals surface area (Å²) in [4.78, 5) is 5.04. The fraction of sp³-hybridized carbons (Fsp3) is 0.370. The van der Waals surface area contributed by atoms with Gasteiger partial charge in [0.25, 0.3) is 0 Å². The molecule has 3 heteroatoms. The Morgan fingerprint density at radius 3 is 1.77 bits per heavy atom. The Bertz CT molecular complexity index is 868. The van der Waals surface area contributed by atoms with Crippen molar-refractivity contribution in [2.75, 3.05) is 20.3 Å². The Balaban J connectivity index is 1.98. The molecule has 0 fully saturated rings. The summed E-state index contributed by atoms with van der Waals surface area (Å²) in [7, 11) is 1.69. The summed E-state index contributed by atoms with van der Waals surface area (Å²) in [6.07, 6.45) is 4.44. The van der Waals surface area contributed by atoms with Crippen molar-refractivity contribution in [3.05, 3.63) is 77.4 Å². The molecule has 0 atom stereocenters. The summed E-state index contributed by atoms with van der Waals surface area (Å²) in [6, 6.07) is 21.8. The molecule has 0 aliphatic rings. The number of hydrogen-bond donors (Lipinski definition) is 0. The number of aromatic nitrogens is 1. The molecule has 3 nitrogen and oxygen atoms in total. The largest absolute Gasteiger partial charge is 0.382 e. The molecule has 0 saturated heterocycles. The predicted molar refractivity (Wildman–Crippen MR) is 125 cm³/mol. The minimum Gasteiger partial charge on any atom is -0.382 e. The minimum absolute atomic E-state index is 0.551. The van der Waals surface area contributed by atoms with Crippen LogP contribution in [0.2, 0.25) is 0 Å². The molecule has 0 amide bonds. The Labute approximate surface area is 181 Å². The van der Waals surface area contributed by atoms with E-state index in [0.717, 1.165) is 53.8 Å². The van der Waals surface area contributed by atoms with Gasteiger partial charge in [-0.05, 0) is 53.8 Å². The van der Waals surface area contributed by atoms with Crippen LogP contribution >= 0.6 is 0 Å². The van der Waals surface area contributed by atoms with E-state index in [9.17, 15) is 0 Å². The van der Waals surface area contributed by atoms with E-state index < -0.39 is 0 Å². The van der Waals surface area contributed by atoms with Gasteiger partial charge in [-0.2, -0.15) is 0 Å². The van der Waals surface area contributed by atoms with Gasteiger partial charge in [-0.15, -0.1) is 0 Å². The van der Waals surface area contributed by atoms with Gasteiger partial charge in [-0.25, -0.2) is 4.98 Å². The monoisotopic (exact) mass is 403 g/mol. The smallest absolute Gasteiger partial charge is 0.0719 e. The third kappa shape index (κ3) is 6.25. The molecular weight excluding hydrogens is 370 g/mol. The second-order valence-corrected chi connectivity index (χ2v) is 7.69. The maximum atomic E-state index is 5.81. The molecule has 1 heterocycles. The first-order valence-corrected chi connectivity index (χ1v) is 11.0. The number of hydrogen-bond acceptors (Lipinski definition) is 3. The number of methoxy groups -OCH3 is 1. The van der Waals surface area contributed by atoms with Crippen LogP contribution < -0.4 is 0 Å². The molecule has 0 aliphatic heterocycles. The highest BCUT2D eigenvalue weighted by Crippen LogP contribution is 2.27. The molecule has 158 valence electrons. The van der Waals surface area contributed by atoms with Crippen molar-refractivity contribution in [1.29, 1.82) is 0 Å². The zero-order valence-electron chi connectivity index (χ0n) is 18.5. The Kier molecular flexibility index (Phi) is 8.61. The van der Waals surface area contributed by atoms with Gasteiger partial charge >= 0.3 is 0 Å². The lowest BCUT2D eigenvalue weighted by atomic mass is 10.0. The van der Waals surface area contributed by atoms with E-state index in [0.29, 0.717) is 19.8 Å². The third-order valence-corrected chi connectivity index (χ3v) is 5.11. The number of ether oxygens (including phenoxy) is 2. The fourth-order valence-corrected chi connectivity index (χ4v) is 3.65. The molecule has 0 aliphatic carbocycles. The zero-order valence-corrected chi connectivity index (χ0v) is 18.5. The van der Waals surface area contributed by atoms with Crippen molar-refractivity contribution >= 4 is 0 Å². The molecular formula is C27H33NO2. The molecule has 0 bridgehead atoms. The van der Waals surface area contributed by atoms with Gasteiger partial charge < -0.3 is 9.47 Å². The highest BCUT2D eigenvalue weighted by molar-refractivity contribution is 5.68. The standard InChI is InChI=1S/C27H33NO2/c1-4-8-21-10-6-12-24(16-21)26-18-23(20-30-15-14-29-3)19-27(28-26)25-13-7-11-22(17-25)9-5-2/h6-7,10-13,16-19H,4-5,8-9,14-15,20H2,1-3H3. The lowest BCUT2D eigenvalue weighted by Crippen LogP contribution is -2.03. The first-order chi connectivity index (χ1) is 14.7.